The summed E-state index contributed by atoms with van der Waals surface area (Å²) in [6.45, 7) is 6.57. The van der Waals surface area contributed by atoms with Crippen LogP contribution in [0.1, 0.15) is 25.0 Å². The van der Waals surface area contributed by atoms with Gasteiger partial charge in [0.25, 0.3) is 0 Å². The topological polar surface area (TPSA) is 25.8 Å². The van der Waals surface area contributed by atoms with Gasteiger partial charge in [-0.3, -0.25) is 0 Å². The summed E-state index contributed by atoms with van der Waals surface area (Å²) < 4.78 is 17.1. The molecule has 0 atom stereocenters. The first-order valence-electron chi connectivity index (χ1n) is 14.0. The van der Waals surface area contributed by atoms with Crippen LogP contribution in [0.3, 0.4) is 0 Å². The van der Waals surface area contributed by atoms with E-state index in [1.54, 1.807) is 6.07 Å². The Labute approximate surface area is 269 Å². The quantitative estimate of drug-likeness (QED) is 0.128. The molecule has 6 heteroatoms. The van der Waals surface area contributed by atoms with Crippen LogP contribution in [0, 0.1) is 30.8 Å². The van der Waals surface area contributed by atoms with Crippen LogP contribution in [0.25, 0.3) is 42.7 Å². The SMILES string of the molecule is CC(C)Cc1cc(-c2[c-]cc(F)cc2)nc[c]1[Ge]([CH3])([CH3])[CH3].Cc1ccnc(-c2[c-]ccc3c2sc2ccccc23)c1.[Ir]. The zero-order valence-electron chi connectivity index (χ0n) is 24.9. The van der Waals surface area contributed by atoms with Gasteiger partial charge < -0.3 is 4.98 Å². The molecule has 6 aromatic rings. The van der Waals surface area contributed by atoms with Crippen molar-refractivity contribution in [1.82, 2.24) is 9.97 Å². The number of thiophene rings is 1. The van der Waals surface area contributed by atoms with Gasteiger partial charge >= 0.3 is 130 Å². The van der Waals surface area contributed by atoms with Gasteiger partial charge in [0.05, 0.1) is 0 Å². The van der Waals surface area contributed by atoms with Gasteiger partial charge in [0.1, 0.15) is 0 Å². The number of rotatable bonds is 5. The summed E-state index contributed by atoms with van der Waals surface area (Å²) in [5, 5.41) is 2.61. The van der Waals surface area contributed by atoms with Crippen molar-refractivity contribution in [3.8, 4) is 22.5 Å². The molecule has 0 unspecified atom stereocenters. The van der Waals surface area contributed by atoms with E-state index in [-0.39, 0.29) is 25.9 Å². The van der Waals surface area contributed by atoms with Crippen LogP contribution < -0.4 is 4.40 Å². The monoisotopic (exact) mass is 813 g/mol. The Morgan fingerprint density at radius 1 is 0.905 bits per heavy atom. The van der Waals surface area contributed by atoms with Gasteiger partial charge in [-0.1, -0.05) is 35.2 Å². The molecule has 0 saturated heterocycles. The molecule has 217 valence electrons. The summed E-state index contributed by atoms with van der Waals surface area (Å²) in [6, 6.07) is 29.9. The van der Waals surface area contributed by atoms with E-state index < -0.39 is 13.3 Å². The number of aromatic nitrogens is 2. The fraction of sp³-hybridized carbons (Fsp3) is 0.222. The van der Waals surface area contributed by atoms with Crippen LogP contribution in [0.15, 0.2) is 85.2 Å². The maximum absolute atomic E-state index is 13.0. The molecular weight excluding hydrogens is 776 g/mol. The standard InChI is InChI=1S/C18H23FGeN.C18H12NS.Ir/c1-13(2)10-15-11-18(14-6-8-16(19)9-7-14)21-12-17(15)20(3,4)5;1-12-9-10-19-16(11-12)15-7-4-6-14-13-5-2-3-8-17(13)20-18(14)15;/h6,8-9,11-13H,10H2,1-5H3;2-6,8-11H,1H3;/q2*-1;. The van der Waals surface area contributed by atoms with Crippen molar-refractivity contribution in [3.05, 3.63) is 114 Å². The van der Waals surface area contributed by atoms with E-state index in [1.165, 1.54) is 47.8 Å². The van der Waals surface area contributed by atoms with Gasteiger partial charge in [0.2, 0.25) is 0 Å². The van der Waals surface area contributed by atoms with Crippen LogP contribution >= 0.6 is 11.3 Å². The Bertz CT molecular complexity index is 1810. The number of halogens is 1. The third-order valence-corrected chi connectivity index (χ3v) is 12.5. The van der Waals surface area contributed by atoms with Crippen molar-refractivity contribution in [2.24, 2.45) is 5.92 Å². The minimum absolute atomic E-state index is 0. The van der Waals surface area contributed by atoms with E-state index in [0.29, 0.717) is 5.92 Å². The van der Waals surface area contributed by atoms with Crippen molar-refractivity contribution < 1.29 is 24.5 Å². The first-order chi connectivity index (χ1) is 19.6. The number of hydrogen-bond donors (Lipinski definition) is 0. The molecule has 42 heavy (non-hydrogen) atoms. The Kier molecular flexibility index (Phi) is 10.5. The maximum atomic E-state index is 13.0. The Hall–Kier alpha value is -2.70. The third kappa shape index (κ3) is 7.44. The predicted molar refractivity (Wildman–Crippen MR) is 176 cm³/mol. The summed E-state index contributed by atoms with van der Waals surface area (Å²) in [5.74, 6) is 7.53. The minimum Gasteiger partial charge on any atom is -0.305 e. The second kappa shape index (κ2) is 13.7. The molecule has 6 rings (SSSR count). The number of nitrogens with zero attached hydrogens (tertiary/aromatic N) is 2. The van der Waals surface area contributed by atoms with Gasteiger partial charge in [-0.05, 0) is 34.8 Å². The van der Waals surface area contributed by atoms with E-state index in [4.69, 9.17) is 0 Å². The molecule has 2 nitrogen and oxygen atoms in total. The molecule has 1 radical (unpaired) electrons. The van der Waals surface area contributed by atoms with Gasteiger partial charge in [-0.15, -0.1) is 23.8 Å². The fourth-order valence-corrected chi connectivity index (χ4v) is 9.59. The van der Waals surface area contributed by atoms with Gasteiger partial charge in [0.15, 0.2) is 0 Å². The van der Waals surface area contributed by atoms with Crippen LogP contribution in [0.4, 0.5) is 4.39 Å². The van der Waals surface area contributed by atoms with E-state index in [0.717, 1.165) is 28.9 Å². The number of aryl methyl sites for hydroxylation is 1. The Balaban J connectivity index is 0.000000188. The molecule has 0 N–H and O–H groups in total. The molecule has 0 saturated carbocycles. The summed E-state index contributed by atoms with van der Waals surface area (Å²) in [6.07, 6.45) is 4.98. The second-order valence-electron chi connectivity index (χ2n) is 11.9. The van der Waals surface area contributed by atoms with E-state index >= 15 is 0 Å². The second-order valence-corrected chi connectivity index (χ2v) is 23.5. The van der Waals surface area contributed by atoms with Crippen LogP contribution in [0.5, 0.6) is 0 Å². The Morgan fingerprint density at radius 3 is 2.38 bits per heavy atom. The normalized spacial score (nSPS) is 11.3. The van der Waals surface area contributed by atoms with E-state index in [2.05, 4.69) is 103 Å². The molecule has 0 aliphatic heterocycles. The summed E-state index contributed by atoms with van der Waals surface area (Å²) in [5.41, 5.74) is 6.48. The van der Waals surface area contributed by atoms with Crippen molar-refractivity contribution in [1.29, 1.82) is 0 Å². The van der Waals surface area contributed by atoms with Crippen molar-refractivity contribution in [2.75, 3.05) is 0 Å². The summed E-state index contributed by atoms with van der Waals surface area (Å²) in [4.78, 5) is 9.11. The van der Waals surface area contributed by atoms with Crippen molar-refractivity contribution in [3.63, 3.8) is 0 Å². The van der Waals surface area contributed by atoms with Crippen molar-refractivity contribution >= 4 is 49.2 Å². The van der Waals surface area contributed by atoms with Crippen LogP contribution in [-0.4, -0.2) is 23.2 Å². The van der Waals surface area contributed by atoms with Crippen LogP contribution in [-0.2, 0) is 26.5 Å². The molecule has 0 fully saturated rings. The molecule has 0 aliphatic carbocycles. The number of hydrogen-bond acceptors (Lipinski definition) is 3. The van der Waals surface area contributed by atoms with E-state index in [1.807, 2.05) is 35.9 Å². The average Bonchev–Trinajstić information content (AvgIpc) is 3.32. The Morgan fingerprint density at radius 2 is 1.69 bits per heavy atom. The van der Waals surface area contributed by atoms with Gasteiger partial charge in [-0.2, -0.15) is 11.3 Å². The summed E-state index contributed by atoms with van der Waals surface area (Å²) in [7, 11) is 0. The molecule has 3 aromatic carbocycles. The van der Waals surface area contributed by atoms with Crippen LogP contribution in [0.2, 0.25) is 17.3 Å². The molecule has 0 bridgehead atoms. The number of fused-ring (bicyclic) bond motifs is 3. The van der Waals surface area contributed by atoms with Gasteiger partial charge in [0, 0.05) is 31.0 Å². The zero-order valence-corrected chi connectivity index (χ0v) is 30.2. The minimum atomic E-state index is -1.93. The van der Waals surface area contributed by atoms with Crippen molar-refractivity contribution in [2.45, 2.75) is 44.5 Å². The fourth-order valence-electron chi connectivity index (χ4n) is 5.05. The first kappa shape index (κ1) is 32.2. The molecule has 0 spiro atoms. The molecular formula is C36H35FGeIrN2S-2. The smallest absolute Gasteiger partial charge is 0.0239 e. The summed E-state index contributed by atoms with van der Waals surface area (Å²) >= 11 is -0.111. The maximum Gasteiger partial charge on any atom is 0.0239 e. The number of pyridine rings is 2. The third-order valence-electron chi connectivity index (χ3n) is 6.99. The molecule has 3 heterocycles. The zero-order chi connectivity index (χ0) is 29.1. The predicted octanol–water partition coefficient (Wildman–Crippen LogP) is 9.65. The molecule has 0 amide bonds. The molecule has 0 aliphatic rings. The van der Waals surface area contributed by atoms with E-state index in [9.17, 15) is 4.39 Å². The average molecular weight is 812 g/mol. The van der Waals surface area contributed by atoms with Gasteiger partial charge in [-0.25, -0.2) is 0 Å². The molecule has 3 aromatic heterocycles. The first-order valence-corrected chi connectivity index (χ1v) is 22.2. The number of benzene rings is 3. The largest absolute Gasteiger partial charge is 0.305 e.